The monoisotopic (exact) mass is 304 g/mol. The zero-order valence-electron chi connectivity index (χ0n) is 13.4. The van der Waals surface area contributed by atoms with Gasteiger partial charge in [0.25, 0.3) is 0 Å². The van der Waals surface area contributed by atoms with Gasteiger partial charge < -0.3 is 14.5 Å². The Bertz CT molecular complexity index is 523. The molecule has 0 bridgehead atoms. The van der Waals surface area contributed by atoms with Crippen LogP contribution in [0, 0.1) is 19.8 Å². The van der Waals surface area contributed by atoms with E-state index in [4.69, 9.17) is 4.74 Å². The largest absolute Gasteiger partial charge is 0.378 e. The molecule has 0 radical (unpaired) electrons. The number of anilines is 1. The Kier molecular flexibility index (Phi) is 4.57. The highest BCUT2D eigenvalue weighted by molar-refractivity contribution is 5.79. The van der Waals surface area contributed by atoms with E-state index in [0.717, 1.165) is 56.4 Å². The number of amides is 1. The number of nitrogens with zero attached hydrogens (tertiary/aromatic N) is 4. The van der Waals surface area contributed by atoms with Crippen molar-refractivity contribution in [1.29, 1.82) is 0 Å². The Morgan fingerprint density at radius 3 is 2.55 bits per heavy atom. The molecule has 3 heterocycles. The van der Waals surface area contributed by atoms with Crippen molar-refractivity contribution in [3.8, 4) is 0 Å². The summed E-state index contributed by atoms with van der Waals surface area (Å²) < 4.78 is 5.33. The number of aromatic nitrogens is 2. The van der Waals surface area contributed by atoms with E-state index < -0.39 is 0 Å². The Morgan fingerprint density at radius 2 is 1.86 bits per heavy atom. The number of hydrogen-bond donors (Lipinski definition) is 0. The highest BCUT2D eigenvalue weighted by atomic mass is 16.5. The van der Waals surface area contributed by atoms with Crippen molar-refractivity contribution in [2.45, 2.75) is 26.7 Å². The van der Waals surface area contributed by atoms with Gasteiger partial charge in [0.05, 0.1) is 19.1 Å². The standard InChI is InChI=1S/C16H24N4O2/c1-12-10-13(2)18-16(17-12)20-5-3-4-14(11-20)15(21)19-6-8-22-9-7-19/h10,14H,3-9,11H2,1-2H3/t14-/m1/s1. The van der Waals surface area contributed by atoms with Crippen LogP contribution >= 0.6 is 0 Å². The van der Waals surface area contributed by atoms with E-state index >= 15 is 0 Å². The van der Waals surface area contributed by atoms with Crippen molar-refractivity contribution in [3.05, 3.63) is 17.5 Å². The zero-order valence-corrected chi connectivity index (χ0v) is 13.4. The highest BCUT2D eigenvalue weighted by Crippen LogP contribution is 2.23. The first-order valence-electron chi connectivity index (χ1n) is 8.07. The molecule has 22 heavy (non-hydrogen) atoms. The normalized spacial score (nSPS) is 22.7. The van der Waals surface area contributed by atoms with Gasteiger partial charge in [-0.05, 0) is 32.8 Å². The number of aryl methyl sites for hydroxylation is 2. The quantitative estimate of drug-likeness (QED) is 0.821. The van der Waals surface area contributed by atoms with Crippen molar-refractivity contribution < 1.29 is 9.53 Å². The Hall–Kier alpha value is -1.69. The molecular weight excluding hydrogens is 280 g/mol. The summed E-state index contributed by atoms with van der Waals surface area (Å²) in [5.74, 6) is 1.07. The first kappa shape index (κ1) is 15.2. The van der Waals surface area contributed by atoms with Gasteiger partial charge in [0.2, 0.25) is 11.9 Å². The summed E-state index contributed by atoms with van der Waals surface area (Å²) >= 11 is 0. The predicted molar refractivity (Wildman–Crippen MR) is 83.8 cm³/mol. The molecule has 2 fully saturated rings. The maximum absolute atomic E-state index is 12.7. The molecule has 1 atom stereocenters. The third-order valence-corrected chi connectivity index (χ3v) is 4.35. The molecule has 6 nitrogen and oxygen atoms in total. The Morgan fingerprint density at radius 1 is 1.18 bits per heavy atom. The second-order valence-electron chi connectivity index (χ2n) is 6.17. The summed E-state index contributed by atoms with van der Waals surface area (Å²) in [6.07, 6.45) is 1.97. The van der Waals surface area contributed by atoms with Crippen LogP contribution in [0.3, 0.4) is 0 Å². The topological polar surface area (TPSA) is 58.6 Å². The summed E-state index contributed by atoms with van der Waals surface area (Å²) in [6, 6.07) is 1.98. The maximum atomic E-state index is 12.7. The number of ether oxygens (including phenoxy) is 1. The van der Waals surface area contributed by atoms with E-state index in [-0.39, 0.29) is 11.8 Å². The van der Waals surface area contributed by atoms with Crippen LogP contribution in [-0.2, 0) is 9.53 Å². The van der Waals surface area contributed by atoms with Gasteiger partial charge in [-0.1, -0.05) is 0 Å². The molecule has 0 saturated carbocycles. The molecule has 2 saturated heterocycles. The maximum Gasteiger partial charge on any atom is 0.227 e. The fourth-order valence-corrected chi connectivity index (χ4v) is 3.25. The lowest BCUT2D eigenvalue weighted by Gasteiger charge is -2.36. The molecule has 2 aliphatic heterocycles. The lowest BCUT2D eigenvalue weighted by molar-refractivity contribution is -0.139. The number of rotatable bonds is 2. The van der Waals surface area contributed by atoms with Crippen LogP contribution in [0.4, 0.5) is 5.95 Å². The van der Waals surface area contributed by atoms with Gasteiger partial charge in [0.1, 0.15) is 0 Å². The molecule has 0 N–H and O–H groups in total. The first-order chi connectivity index (χ1) is 10.6. The average molecular weight is 304 g/mol. The molecule has 1 amide bonds. The van der Waals surface area contributed by atoms with E-state index in [0.29, 0.717) is 13.2 Å². The molecule has 3 rings (SSSR count). The first-order valence-corrected chi connectivity index (χ1v) is 8.07. The van der Waals surface area contributed by atoms with Gasteiger partial charge >= 0.3 is 0 Å². The molecule has 120 valence electrons. The summed E-state index contributed by atoms with van der Waals surface area (Å²) in [7, 11) is 0. The minimum Gasteiger partial charge on any atom is -0.378 e. The molecule has 1 aromatic heterocycles. The molecule has 2 aliphatic rings. The van der Waals surface area contributed by atoms with Gasteiger partial charge in [-0.3, -0.25) is 4.79 Å². The number of hydrogen-bond acceptors (Lipinski definition) is 5. The molecule has 0 unspecified atom stereocenters. The van der Waals surface area contributed by atoms with E-state index in [1.54, 1.807) is 0 Å². The van der Waals surface area contributed by atoms with E-state index in [9.17, 15) is 4.79 Å². The SMILES string of the molecule is Cc1cc(C)nc(N2CCC[C@@H](C(=O)N3CCOCC3)C2)n1. The predicted octanol–water partition coefficient (Wildman–Crippen LogP) is 1.17. The summed E-state index contributed by atoms with van der Waals surface area (Å²) in [4.78, 5) is 25.8. The van der Waals surface area contributed by atoms with Crippen molar-refractivity contribution >= 4 is 11.9 Å². The number of piperidine rings is 1. The third-order valence-electron chi connectivity index (χ3n) is 4.35. The van der Waals surface area contributed by atoms with Gasteiger partial charge in [-0.25, -0.2) is 9.97 Å². The fourth-order valence-electron chi connectivity index (χ4n) is 3.25. The van der Waals surface area contributed by atoms with Crippen molar-refractivity contribution in [3.63, 3.8) is 0 Å². The highest BCUT2D eigenvalue weighted by Gasteiger charge is 2.31. The summed E-state index contributed by atoms with van der Waals surface area (Å²) in [5.41, 5.74) is 1.95. The molecule has 0 aliphatic carbocycles. The number of morpholine rings is 1. The molecule has 0 spiro atoms. The van der Waals surface area contributed by atoms with Gasteiger partial charge in [0.15, 0.2) is 0 Å². The molecule has 0 aromatic carbocycles. The van der Waals surface area contributed by atoms with Crippen molar-refractivity contribution in [1.82, 2.24) is 14.9 Å². The van der Waals surface area contributed by atoms with Crippen LogP contribution in [0.15, 0.2) is 6.07 Å². The minimum absolute atomic E-state index is 0.0521. The number of carbonyl (C=O) groups excluding carboxylic acids is 1. The minimum atomic E-state index is 0.0521. The second kappa shape index (κ2) is 6.60. The van der Waals surface area contributed by atoms with Gasteiger partial charge in [-0.2, -0.15) is 0 Å². The summed E-state index contributed by atoms with van der Waals surface area (Å²) in [6.45, 7) is 8.36. The van der Waals surface area contributed by atoms with Crippen molar-refractivity contribution in [2.75, 3.05) is 44.3 Å². The van der Waals surface area contributed by atoms with Crippen LogP contribution in [0.25, 0.3) is 0 Å². The van der Waals surface area contributed by atoms with Gasteiger partial charge in [-0.15, -0.1) is 0 Å². The van der Waals surface area contributed by atoms with Gasteiger partial charge in [0, 0.05) is 37.6 Å². The van der Waals surface area contributed by atoms with E-state index in [1.807, 2.05) is 24.8 Å². The molecular formula is C16H24N4O2. The third kappa shape index (κ3) is 3.38. The van der Waals surface area contributed by atoms with Crippen LogP contribution in [0.5, 0.6) is 0 Å². The summed E-state index contributed by atoms with van der Waals surface area (Å²) in [5, 5.41) is 0. The lowest BCUT2D eigenvalue weighted by atomic mass is 9.96. The fraction of sp³-hybridized carbons (Fsp3) is 0.688. The number of carbonyl (C=O) groups is 1. The van der Waals surface area contributed by atoms with E-state index in [2.05, 4.69) is 14.9 Å². The van der Waals surface area contributed by atoms with Crippen LogP contribution in [0.2, 0.25) is 0 Å². The van der Waals surface area contributed by atoms with Crippen LogP contribution in [0.1, 0.15) is 24.2 Å². The smallest absolute Gasteiger partial charge is 0.227 e. The average Bonchev–Trinajstić information content (AvgIpc) is 2.54. The zero-order chi connectivity index (χ0) is 15.5. The van der Waals surface area contributed by atoms with Crippen LogP contribution < -0.4 is 4.90 Å². The lowest BCUT2D eigenvalue weighted by Crippen LogP contribution is -2.48. The Balaban J connectivity index is 1.69. The van der Waals surface area contributed by atoms with E-state index in [1.165, 1.54) is 0 Å². The second-order valence-corrected chi connectivity index (χ2v) is 6.17. The van der Waals surface area contributed by atoms with Crippen LogP contribution in [-0.4, -0.2) is 60.2 Å². The molecule has 6 heteroatoms. The molecule has 1 aromatic rings. The van der Waals surface area contributed by atoms with Crippen molar-refractivity contribution in [2.24, 2.45) is 5.92 Å². The Labute approximate surface area is 131 Å².